The molecule has 1 heterocycles. The molecule has 1 aromatic carbocycles. The average Bonchev–Trinajstić information content (AvgIpc) is 2.56. The van der Waals surface area contributed by atoms with Crippen molar-refractivity contribution in [2.45, 2.75) is 65.0 Å². The monoisotopic (exact) mass is 326 g/mol. The highest BCUT2D eigenvalue weighted by molar-refractivity contribution is 5.88. The van der Waals surface area contributed by atoms with Gasteiger partial charge in [0, 0.05) is 17.5 Å². The number of pyridine rings is 1. The number of carbonyl (C=O) groups excluding carboxylic acids is 1. The van der Waals surface area contributed by atoms with E-state index in [0.717, 1.165) is 34.9 Å². The number of carbonyl (C=O) groups is 1. The maximum atomic E-state index is 12.7. The second kappa shape index (κ2) is 6.80. The molecule has 4 nitrogen and oxygen atoms in total. The van der Waals surface area contributed by atoms with Crippen LogP contribution in [0.15, 0.2) is 29.1 Å². The molecule has 1 unspecified atom stereocenters. The molecule has 2 aromatic rings. The molecular weight excluding hydrogens is 300 g/mol. The van der Waals surface area contributed by atoms with Crippen LogP contribution >= 0.6 is 0 Å². The highest BCUT2D eigenvalue weighted by Crippen LogP contribution is 2.23. The van der Waals surface area contributed by atoms with Crippen molar-refractivity contribution in [1.29, 1.82) is 0 Å². The van der Waals surface area contributed by atoms with Gasteiger partial charge >= 0.3 is 0 Å². The van der Waals surface area contributed by atoms with Crippen molar-refractivity contribution in [3.05, 3.63) is 45.7 Å². The van der Waals surface area contributed by atoms with E-state index in [4.69, 9.17) is 0 Å². The van der Waals surface area contributed by atoms with E-state index < -0.39 is 6.04 Å². The first-order valence-corrected chi connectivity index (χ1v) is 8.91. The lowest BCUT2D eigenvalue weighted by Crippen LogP contribution is -2.42. The molecule has 1 amide bonds. The third-order valence-electron chi connectivity index (χ3n) is 5.20. The van der Waals surface area contributed by atoms with Gasteiger partial charge in [0.1, 0.15) is 6.04 Å². The van der Waals surface area contributed by atoms with Crippen LogP contribution in [0.5, 0.6) is 0 Å². The lowest BCUT2D eigenvalue weighted by atomic mass is 9.95. The molecule has 0 spiro atoms. The van der Waals surface area contributed by atoms with Gasteiger partial charge in [0.25, 0.3) is 5.56 Å². The predicted octanol–water partition coefficient (Wildman–Crippen LogP) is 3.63. The zero-order valence-electron chi connectivity index (χ0n) is 14.8. The quantitative estimate of drug-likeness (QED) is 0.936. The Kier molecular flexibility index (Phi) is 4.74. The van der Waals surface area contributed by atoms with Gasteiger partial charge in [-0.25, -0.2) is 0 Å². The predicted molar refractivity (Wildman–Crippen MR) is 97.4 cm³/mol. The molecule has 1 fully saturated rings. The number of aryl methyl sites for hydroxylation is 2. The van der Waals surface area contributed by atoms with Gasteiger partial charge in [0.15, 0.2) is 0 Å². The van der Waals surface area contributed by atoms with E-state index in [0.29, 0.717) is 0 Å². The van der Waals surface area contributed by atoms with E-state index >= 15 is 0 Å². The summed E-state index contributed by atoms with van der Waals surface area (Å²) >= 11 is 0. The third kappa shape index (κ3) is 3.10. The molecule has 24 heavy (non-hydrogen) atoms. The number of nitrogens with zero attached hydrogens (tertiary/aromatic N) is 1. The molecule has 1 atom stereocenters. The van der Waals surface area contributed by atoms with E-state index in [1.807, 2.05) is 39.0 Å². The molecule has 1 aliphatic carbocycles. The largest absolute Gasteiger partial charge is 0.352 e. The van der Waals surface area contributed by atoms with Crippen LogP contribution in [-0.4, -0.2) is 16.5 Å². The van der Waals surface area contributed by atoms with Gasteiger partial charge in [-0.3, -0.25) is 14.2 Å². The van der Waals surface area contributed by atoms with E-state index in [1.165, 1.54) is 19.3 Å². The standard InChI is InChI=1S/C20H26N2O2/c1-13-8-7-11-17-14(2)12-18(23)22(19(13)17)15(3)20(24)21-16-9-5-4-6-10-16/h7-8,11-12,15-16H,4-6,9-10H2,1-3H3,(H,21,24). The fourth-order valence-electron chi connectivity index (χ4n) is 3.81. The Hall–Kier alpha value is -2.10. The molecule has 0 saturated heterocycles. The Morgan fingerprint density at radius 2 is 1.88 bits per heavy atom. The van der Waals surface area contributed by atoms with Crippen molar-refractivity contribution < 1.29 is 4.79 Å². The molecule has 0 aliphatic heterocycles. The summed E-state index contributed by atoms with van der Waals surface area (Å²) in [6.07, 6.45) is 5.68. The van der Waals surface area contributed by atoms with Crippen molar-refractivity contribution in [3.63, 3.8) is 0 Å². The van der Waals surface area contributed by atoms with Crippen LogP contribution in [0.25, 0.3) is 10.9 Å². The Morgan fingerprint density at radius 1 is 1.17 bits per heavy atom. The van der Waals surface area contributed by atoms with Crippen LogP contribution in [0.3, 0.4) is 0 Å². The number of benzene rings is 1. The van der Waals surface area contributed by atoms with Gasteiger partial charge in [0.05, 0.1) is 5.52 Å². The highest BCUT2D eigenvalue weighted by Gasteiger charge is 2.23. The summed E-state index contributed by atoms with van der Waals surface area (Å²) in [5.41, 5.74) is 2.73. The minimum atomic E-state index is -0.511. The van der Waals surface area contributed by atoms with Gasteiger partial charge in [-0.05, 0) is 44.7 Å². The number of rotatable bonds is 3. The Bertz CT molecular complexity index is 816. The number of hydrogen-bond donors (Lipinski definition) is 1. The number of fused-ring (bicyclic) bond motifs is 1. The average molecular weight is 326 g/mol. The van der Waals surface area contributed by atoms with Crippen LogP contribution in [-0.2, 0) is 4.79 Å². The summed E-state index contributed by atoms with van der Waals surface area (Å²) in [5, 5.41) is 4.18. The van der Waals surface area contributed by atoms with Gasteiger partial charge in [0.2, 0.25) is 5.91 Å². The second-order valence-corrected chi connectivity index (χ2v) is 7.03. The summed E-state index contributed by atoms with van der Waals surface area (Å²) in [5.74, 6) is -0.0580. The van der Waals surface area contributed by atoms with Crippen LogP contribution in [0.4, 0.5) is 0 Å². The zero-order chi connectivity index (χ0) is 17.3. The summed E-state index contributed by atoms with van der Waals surface area (Å²) < 4.78 is 1.65. The molecular formula is C20H26N2O2. The zero-order valence-corrected chi connectivity index (χ0v) is 14.8. The molecule has 128 valence electrons. The number of nitrogens with one attached hydrogen (secondary N) is 1. The molecule has 4 heteroatoms. The first kappa shape index (κ1) is 16.7. The van der Waals surface area contributed by atoms with Gasteiger partial charge in [-0.2, -0.15) is 0 Å². The number of aromatic nitrogens is 1. The van der Waals surface area contributed by atoms with Crippen LogP contribution in [0.2, 0.25) is 0 Å². The molecule has 0 bridgehead atoms. The normalized spacial score (nSPS) is 17.0. The van der Waals surface area contributed by atoms with Crippen LogP contribution < -0.4 is 10.9 Å². The van der Waals surface area contributed by atoms with E-state index in [1.54, 1.807) is 10.6 Å². The van der Waals surface area contributed by atoms with Gasteiger partial charge in [-0.15, -0.1) is 0 Å². The van der Waals surface area contributed by atoms with E-state index in [9.17, 15) is 9.59 Å². The Labute approximate surface area is 142 Å². The maximum Gasteiger partial charge on any atom is 0.252 e. The Balaban J connectivity index is 1.98. The van der Waals surface area contributed by atoms with Crippen molar-refractivity contribution >= 4 is 16.8 Å². The minimum Gasteiger partial charge on any atom is -0.352 e. The van der Waals surface area contributed by atoms with Crippen molar-refractivity contribution in [2.24, 2.45) is 0 Å². The van der Waals surface area contributed by atoms with Crippen LogP contribution in [0.1, 0.15) is 56.2 Å². The van der Waals surface area contributed by atoms with E-state index in [2.05, 4.69) is 5.32 Å². The van der Waals surface area contributed by atoms with Gasteiger partial charge in [-0.1, -0.05) is 37.5 Å². The smallest absolute Gasteiger partial charge is 0.252 e. The lowest BCUT2D eigenvalue weighted by molar-refractivity contribution is -0.124. The SMILES string of the molecule is Cc1cc(=O)n(C(C)C(=O)NC2CCCCC2)c2c(C)cccc12. The molecule has 1 aliphatic rings. The summed E-state index contributed by atoms with van der Waals surface area (Å²) in [6.45, 7) is 5.75. The topological polar surface area (TPSA) is 51.1 Å². The molecule has 1 N–H and O–H groups in total. The third-order valence-corrected chi connectivity index (χ3v) is 5.20. The summed E-state index contributed by atoms with van der Waals surface area (Å²) in [7, 11) is 0. The first-order valence-electron chi connectivity index (χ1n) is 8.91. The Morgan fingerprint density at radius 3 is 2.58 bits per heavy atom. The molecule has 1 aromatic heterocycles. The minimum absolute atomic E-state index is 0.0580. The van der Waals surface area contributed by atoms with Crippen molar-refractivity contribution in [1.82, 2.24) is 9.88 Å². The number of para-hydroxylation sites is 1. The molecule has 3 rings (SSSR count). The fourth-order valence-corrected chi connectivity index (χ4v) is 3.81. The van der Waals surface area contributed by atoms with E-state index in [-0.39, 0.29) is 17.5 Å². The molecule has 1 saturated carbocycles. The lowest BCUT2D eigenvalue weighted by Gasteiger charge is -2.26. The van der Waals surface area contributed by atoms with Crippen molar-refractivity contribution in [2.75, 3.05) is 0 Å². The second-order valence-electron chi connectivity index (χ2n) is 7.03. The summed E-state index contributed by atoms with van der Waals surface area (Å²) in [6, 6.07) is 7.37. The highest BCUT2D eigenvalue weighted by atomic mass is 16.2. The molecule has 0 radical (unpaired) electrons. The first-order chi connectivity index (χ1) is 11.5. The van der Waals surface area contributed by atoms with Crippen molar-refractivity contribution in [3.8, 4) is 0 Å². The summed E-state index contributed by atoms with van der Waals surface area (Å²) in [4.78, 5) is 25.4. The maximum absolute atomic E-state index is 12.7. The van der Waals surface area contributed by atoms with Gasteiger partial charge < -0.3 is 5.32 Å². The number of hydrogen-bond acceptors (Lipinski definition) is 2. The fraction of sp³-hybridized carbons (Fsp3) is 0.500. The number of amides is 1. The van der Waals surface area contributed by atoms with Crippen LogP contribution in [0, 0.1) is 13.8 Å².